The van der Waals surface area contributed by atoms with Crippen molar-refractivity contribution in [1.29, 1.82) is 0 Å². The molecule has 0 aliphatic rings. The molecular formula is C20H15ClN4O2S2. The van der Waals surface area contributed by atoms with Crippen LogP contribution >= 0.6 is 34.3 Å². The fourth-order valence-electron chi connectivity index (χ4n) is 2.64. The summed E-state index contributed by atoms with van der Waals surface area (Å²) in [7, 11) is 0. The topological polar surface area (TPSA) is 86.9 Å². The van der Waals surface area contributed by atoms with Crippen molar-refractivity contribution in [3.8, 4) is 10.6 Å². The number of nitrogens with one attached hydrogen (secondary N) is 3. The average Bonchev–Trinajstić information content (AvgIpc) is 3.49. The van der Waals surface area contributed by atoms with E-state index in [9.17, 15) is 9.59 Å². The van der Waals surface area contributed by atoms with E-state index in [1.807, 2.05) is 29.6 Å². The number of carbonyl (C=O) groups is 2. The number of hydrogen-bond acceptors (Lipinski definition) is 5. The zero-order valence-electron chi connectivity index (χ0n) is 14.9. The number of nitrogens with zero attached hydrogens (tertiary/aromatic N) is 1. The molecule has 0 saturated heterocycles. The lowest BCUT2D eigenvalue weighted by Crippen LogP contribution is -2.23. The Morgan fingerprint density at radius 2 is 2.00 bits per heavy atom. The minimum Gasteiger partial charge on any atom is -0.347 e. The molecule has 0 unspecified atom stereocenters. The van der Waals surface area contributed by atoms with E-state index in [1.165, 1.54) is 11.3 Å². The number of rotatable bonds is 6. The van der Waals surface area contributed by atoms with Crippen molar-refractivity contribution < 1.29 is 9.59 Å². The van der Waals surface area contributed by atoms with Crippen LogP contribution in [0.1, 0.15) is 24.9 Å². The maximum Gasteiger partial charge on any atom is 0.265 e. The fourth-order valence-corrected chi connectivity index (χ4v) is 4.37. The standard InChI is InChI=1S/C20H15ClN4O2S2/c21-15-4-3-12(10-14(15)19(26)22-11-13-2-1-9-28-13)24-20(27)18-6-5-17(29-18)16-7-8-23-25-16/h1-10H,11H2,(H,22,26)(H,23,25)(H,24,27). The Balaban J connectivity index is 1.45. The number of anilines is 1. The van der Waals surface area contributed by atoms with Gasteiger partial charge in [0.15, 0.2) is 0 Å². The van der Waals surface area contributed by atoms with Gasteiger partial charge in [0, 0.05) is 16.8 Å². The molecule has 3 aromatic heterocycles. The van der Waals surface area contributed by atoms with Crippen molar-refractivity contribution in [1.82, 2.24) is 15.5 Å². The first kappa shape index (κ1) is 19.4. The van der Waals surface area contributed by atoms with Gasteiger partial charge in [-0.25, -0.2) is 0 Å². The molecule has 0 aliphatic heterocycles. The largest absolute Gasteiger partial charge is 0.347 e. The summed E-state index contributed by atoms with van der Waals surface area (Å²) in [6, 6.07) is 14.2. The highest BCUT2D eigenvalue weighted by molar-refractivity contribution is 7.17. The average molecular weight is 443 g/mol. The van der Waals surface area contributed by atoms with Crippen LogP contribution in [-0.2, 0) is 6.54 Å². The van der Waals surface area contributed by atoms with Crippen LogP contribution in [0.5, 0.6) is 0 Å². The first-order valence-electron chi connectivity index (χ1n) is 8.61. The molecule has 0 radical (unpaired) electrons. The Labute approximate surface area is 179 Å². The minimum atomic E-state index is -0.294. The Hall–Kier alpha value is -2.94. The second-order valence-electron chi connectivity index (χ2n) is 6.05. The zero-order chi connectivity index (χ0) is 20.2. The van der Waals surface area contributed by atoms with E-state index in [1.54, 1.807) is 41.8 Å². The SMILES string of the molecule is O=C(Nc1ccc(Cl)c(C(=O)NCc2cccs2)c1)c1ccc(-c2ccn[nH]2)s1. The first-order chi connectivity index (χ1) is 14.1. The van der Waals surface area contributed by atoms with Gasteiger partial charge in [-0.05, 0) is 47.8 Å². The Morgan fingerprint density at radius 1 is 1.10 bits per heavy atom. The number of amides is 2. The van der Waals surface area contributed by atoms with Crippen molar-refractivity contribution in [3.05, 3.63) is 80.4 Å². The van der Waals surface area contributed by atoms with Crippen molar-refractivity contribution in [2.24, 2.45) is 0 Å². The van der Waals surface area contributed by atoms with E-state index in [4.69, 9.17) is 11.6 Å². The summed E-state index contributed by atoms with van der Waals surface area (Å²) in [4.78, 5) is 27.6. The number of halogens is 1. The summed E-state index contributed by atoms with van der Waals surface area (Å²) in [5, 5.41) is 14.7. The number of benzene rings is 1. The van der Waals surface area contributed by atoms with Crippen LogP contribution in [0, 0.1) is 0 Å². The van der Waals surface area contributed by atoms with Gasteiger partial charge in [0.25, 0.3) is 11.8 Å². The van der Waals surface area contributed by atoms with E-state index in [0.717, 1.165) is 15.4 Å². The van der Waals surface area contributed by atoms with Crippen LogP contribution in [-0.4, -0.2) is 22.0 Å². The molecular weight excluding hydrogens is 428 g/mol. The van der Waals surface area contributed by atoms with E-state index >= 15 is 0 Å². The highest BCUT2D eigenvalue weighted by atomic mass is 35.5. The number of aromatic nitrogens is 2. The molecule has 2 amide bonds. The second-order valence-corrected chi connectivity index (χ2v) is 8.57. The van der Waals surface area contributed by atoms with Gasteiger partial charge in [-0.3, -0.25) is 14.7 Å². The van der Waals surface area contributed by atoms with Crippen LogP contribution < -0.4 is 10.6 Å². The molecule has 3 heterocycles. The predicted octanol–water partition coefficient (Wildman–Crippen LogP) is 5.04. The van der Waals surface area contributed by atoms with Gasteiger partial charge in [-0.15, -0.1) is 22.7 Å². The molecule has 0 fully saturated rings. The van der Waals surface area contributed by atoms with Gasteiger partial charge in [-0.1, -0.05) is 17.7 Å². The molecule has 0 bridgehead atoms. The molecule has 146 valence electrons. The molecule has 0 atom stereocenters. The number of carbonyl (C=O) groups excluding carboxylic acids is 2. The van der Waals surface area contributed by atoms with Crippen LogP contribution in [0.15, 0.2) is 60.1 Å². The van der Waals surface area contributed by atoms with Crippen LogP contribution in [0.25, 0.3) is 10.6 Å². The third-order valence-corrected chi connectivity index (χ3v) is 6.39. The Bertz CT molecular complexity index is 1140. The maximum absolute atomic E-state index is 12.6. The van der Waals surface area contributed by atoms with Crippen molar-refractivity contribution >= 4 is 51.8 Å². The molecule has 0 aliphatic carbocycles. The number of H-pyrrole nitrogens is 1. The Kier molecular flexibility index (Phi) is 5.75. The van der Waals surface area contributed by atoms with Gasteiger partial charge in [0.1, 0.15) is 0 Å². The van der Waals surface area contributed by atoms with Gasteiger partial charge < -0.3 is 10.6 Å². The number of thiophene rings is 2. The van der Waals surface area contributed by atoms with E-state index < -0.39 is 0 Å². The number of hydrogen-bond donors (Lipinski definition) is 3. The lowest BCUT2D eigenvalue weighted by molar-refractivity contribution is 0.0950. The molecule has 4 rings (SSSR count). The summed E-state index contributed by atoms with van der Waals surface area (Å²) in [5.74, 6) is -0.551. The van der Waals surface area contributed by atoms with Gasteiger partial charge in [-0.2, -0.15) is 5.10 Å². The molecule has 3 N–H and O–H groups in total. The molecule has 1 aromatic carbocycles. The van der Waals surface area contributed by atoms with Crippen LogP contribution in [0.3, 0.4) is 0 Å². The zero-order valence-corrected chi connectivity index (χ0v) is 17.3. The summed E-state index contributed by atoms with van der Waals surface area (Å²) in [6.45, 7) is 0.426. The smallest absolute Gasteiger partial charge is 0.265 e. The Morgan fingerprint density at radius 3 is 2.76 bits per heavy atom. The van der Waals surface area contributed by atoms with Crippen molar-refractivity contribution in [2.45, 2.75) is 6.54 Å². The lowest BCUT2D eigenvalue weighted by atomic mass is 10.2. The molecule has 4 aromatic rings. The van der Waals surface area contributed by atoms with Gasteiger partial charge in [0.05, 0.1) is 32.6 Å². The monoisotopic (exact) mass is 442 g/mol. The summed E-state index contributed by atoms with van der Waals surface area (Å²) < 4.78 is 0. The van der Waals surface area contributed by atoms with Crippen molar-refractivity contribution in [3.63, 3.8) is 0 Å². The maximum atomic E-state index is 12.6. The third-order valence-electron chi connectivity index (χ3n) is 4.07. The fraction of sp³-hybridized carbons (Fsp3) is 0.0500. The molecule has 29 heavy (non-hydrogen) atoms. The third kappa shape index (κ3) is 4.56. The minimum absolute atomic E-state index is 0.256. The van der Waals surface area contributed by atoms with E-state index in [0.29, 0.717) is 27.7 Å². The normalized spacial score (nSPS) is 10.7. The molecule has 0 spiro atoms. The highest BCUT2D eigenvalue weighted by Crippen LogP contribution is 2.27. The lowest BCUT2D eigenvalue weighted by Gasteiger charge is -2.09. The van der Waals surface area contributed by atoms with Gasteiger partial charge in [0.2, 0.25) is 0 Å². The van der Waals surface area contributed by atoms with E-state index in [2.05, 4.69) is 20.8 Å². The molecule has 0 saturated carbocycles. The van der Waals surface area contributed by atoms with Crippen molar-refractivity contribution in [2.75, 3.05) is 5.32 Å². The predicted molar refractivity (Wildman–Crippen MR) is 117 cm³/mol. The quantitative estimate of drug-likeness (QED) is 0.391. The summed E-state index contributed by atoms with van der Waals surface area (Å²) in [5.41, 5.74) is 1.66. The van der Waals surface area contributed by atoms with Gasteiger partial charge >= 0.3 is 0 Å². The second kappa shape index (κ2) is 8.60. The highest BCUT2D eigenvalue weighted by Gasteiger charge is 2.15. The summed E-state index contributed by atoms with van der Waals surface area (Å²) >= 11 is 9.10. The van der Waals surface area contributed by atoms with Crippen LogP contribution in [0.4, 0.5) is 5.69 Å². The molecule has 9 heteroatoms. The number of aromatic amines is 1. The van der Waals surface area contributed by atoms with E-state index in [-0.39, 0.29) is 11.8 Å². The van der Waals surface area contributed by atoms with Crippen LogP contribution in [0.2, 0.25) is 5.02 Å². The summed E-state index contributed by atoms with van der Waals surface area (Å²) in [6.07, 6.45) is 1.66. The first-order valence-corrected chi connectivity index (χ1v) is 10.7. The molecule has 6 nitrogen and oxygen atoms in total.